The Labute approximate surface area is 125 Å². The van der Waals surface area contributed by atoms with Gasteiger partial charge in [-0.3, -0.25) is 9.59 Å². The highest BCUT2D eigenvalue weighted by molar-refractivity contribution is 5.89. The molecular formula is C17H25NO3. The lowest BCUT2D eigenvalue weighted by molar-refractivity contribution is -0.140. The van der Waals surface area contributed by atoms with Crippen molar-refractivity contribution in [1.82, 2.24) is 5.32 Å². The van der Waals surface area contributed by atoms with Gasteiger partial charge in [-0.15, -0.1) is 0 Å². The first kappa shape index (κ1) is 13.6. The molecule has 0 radical (unpaired) electrons. The predicted molar refractivity (Wildman–Crippen MR) is 77.4 cm³/mol. The molecule has 0 heterocycles. The Morgan fingerprint density at radius 1 is 1.00 bits per heavy atom. The van der Waals surface area contributed by atoms with Crippen molar-refractivity contribution in [2.24, 2.45) is 35.0 Å². The van der Waals surface area contributed by atoms with Crippen molar-refractivity contribution in [2.45, 2.75) is 57.9 Å². The third-order valence-electron chi connectivity index (χ3n) is 6.81. The van der Waals surface area contributed by atoms with Gasteiger partial charge in [0.25, 0.3) is 0 Å². The molecule has 0 aromatic heterocycles. The van der Waals surface area contributed by atoms with Crippen molar-refractivity contribution in [3.05, 3.63) is 0 Å². The third kappa shape index (κ3) is 2.18. The summed E-state index contributed by atoms with van der Waals surface area (Å²) in [5.41, 5.74) is 0.304. The molecule has 5 fully saturated rings. The van der Waals surface area contributed by atoms with Gasteiger partial charge in [0.15, 0.2) is 0 Å². The average Bonchev–Trinajstić information content (AvgIpc) is 3.17. The minimum atomic E-state index is -0.822. The zero-order valence-electron chi connectivity index (χ0n) is 12.7. The molecule has 0 aromatic carbocycles. The Hall–Kier alpha value is -1.06. The Bertz CT molecular complexity index is 451. The number of carboxylic acids is 1. The topological polar surface area (TPSA) is 66.4 Å². The summed E-state index contributed by atoms with van der Waals surface area (Å²) in [5.74, 6) is 1.07. The van der Waals surface area contributed by atoms with E-state index in [1.165, 1.54) is 38.5 Å². The molecule has 4 bridgehead atoms. The molecule has 3 atom stereocenters. The number of aliphatic carboxylic acids is 1. The van der Waals surface area contributed by atoms with E-state index in [9.17, 15) is 9.59 Å². The molecule has 0 aliphatic heterocycles. The minimum absolute atomic E-state index is 0.0226. The van der Waals surface area contributed by atoms with Gasteiger partial charge in [0.05, 0.1) is 11.8 Å². The second kappa shape index (κ2) is 4.47. The highest BCUT2D eigenvalue weighted by Gasteiger charge is 2.54. The maximum atomic E-state index is 12.2. The summed E-state index contributed by atoms with van der Waals surface area (Å²) >= 11 is 0. The molecule has 5 rings (SSSR count). The zero-order valence-corrected chi connectivity index (χ0v) is 12.7. The maximum Gasteiger partial charge on any atom is 0.307 e. The van der Waals surface area contributed by atoms with Crippen molar-refractivity contribution in [3.63, 3.8) is 0 Å². The molecule has 5 aliphatic rings. The van der Waals surface area contributed by atoms with Crippen LogP contribution < -0.4 is 5.32 Å². The lowest BCUT2D eigenvalue weighted by Gasteiger charge is -2.59. The second-order valence-corrected chi connectivity index (χ2v) is 8.30. The van der Waals surface area contributed by atoms with Gasteiger partial charge in [0, 0.05) is 6.04 Å². The van der Waals surface area contributed by atoms with Gasteiger partial charge in [0.1, 0.15) is 0 Å². The van der Waals surface area contributed by atoms with Crippen LogP contribution in [0, 0.1) is 35.0 Å². The first-order chi connectivity index (χ1) is 9.97. The molecule has 5 aliphatic carbocycles. The number of carboxylic acid groups (broad SMARTS) is 1. The van der Waals surface area contributed by atoms with Gasteiger partial charge < -0.3 is 10.4 Å². The van der Waals surface area contributed by atoms with Crippen LogP contribution >= 0.6 is 0 Å². The second-order valence-electron chi connectivity index (χ2n) is 8.30. The van der Waals surface area contributed by atoms with Crippen LogP contribution in [-0.2, 0) is 9.59 Å². The zero-order chi connectivity index (χ0) is 14.8. The van der Waals surface area contributed by atoms with Gasteiger partial charge in [0.2, 0.25) is 5.91 Å². The van der Waals surface area contributed by atoms with E-state index >= 15 is 0 Å². The van der Waals surface area contributed by atoms with Gasteiger partial charge in [-0.05, 0) is 75.0 Å². The summed E-state index contributed by atoms with van der Waals surface area (Å²) in [4.78, 5) is 23.2. The largest absolute Gasteiger partial charge is 0.481 e. The fourth-order valence-corrected chi connectivity index (χ4v) is 5.94. The van der Waals surface area contributed by atoms with Crippen molar-refractivity contribution in [1.29, 1.82) is 0 Å². The van der Waals surface area contributed by atoms with E-state index in [1.54, 1.807) is 0 Å². The lowest BCUT2D eigenvalue weighted by atomic mass is 9.48. The van der Waals surface area contributed by atoms with Gasteiger partial charge >= 0.3 is 5.97 Å². The smallest absolute Gasteiger partial charge is 0.307 e. The molecular weight excluding hydrogens is 266 g/mol. The lowest BCUT2D eigenvalue weighted by Crippen LogP contribution is -2.56. The summed E-state index contributed by atoms with van der Waals surface area (Å²) in [7, 11) is 0. The van der Waals surface area contributed by atoms with Crippen molar-refractivity contribution >= 4 is 11.9 Å². The number of rotatable bonds is 4. The molecule has 1 amide bonds. The summed E-state index contributed by atoms with van der Waals surface area (Å²) in [6, 6.07) is 0.202. The minimum Gasteiger partial charge on any atom is -0.481 e. The van der Waals surface area contributed by atoms with Crippen molar-refractivity contribution < 1.29 is 14.7 Å². The number of hydrogen-bond donors (Lipinski definition) is 2. The van der Waals surface area contributed by atoms with Crippen LogP contribution in [0.15, 0.2) is 0 Å². The summed E-state index contributed by atoms with van der Waals surface area (Å²) in [6.07, 6.45) is 8.56. The van der Waals surface area contributed by atoms with Crippen molar-refractivity contribution in [2.75, 3.05) is 0 Å². The highest BCUT2D eigenvalue weighted by Crippen LogP contribution is 2.61. The molecule has 4 nitrogen and oxygen atoms in total. The van der Waals surface area contributed by atoms with Crippen LogP contribution in [0.3, 0.4) is 0 Å². The molecule has 0 saturated heterocycles. The first-order valence-electron chi connectivity index (χ1n) is 8.50. The molecule has 21 heavy (non-hydrogen) atoms. The molecule has 4 heteroatoms. The van der Waals surface area contributed by atoms with E-state index in [0.29, 0.717) is 11.8 Å². The Balaban J connectivity index is 1.42. The normalized spacial score (nSPS) is 48.0. The molecule has 0 spiro atoms. The Kier molecular flexibility index (Phi) is 2.89. The standard InChI is InChI=1S/C17H25NO3/c1-9(18-15(19)13-5-14(13)16(20)21)17-6-10-2-11(7-17)4-12(3-10)8-17/h9-14H,2-8H2,1H3,(H,18,19)(H,20,21)/t9?,10?,11?,12?,13-,14+,17?/m1/s1. The number of hydrogen-bond acceptors (Lipinski definition) is 2. The predicted octanol–water partition coefficient (Wildman–Crippen LogP) is 2.43. The fraction of sp³-hybridized carbons (Fsp3) is 0.882. The monoisotopic (exact) mass is 291 g/mol. The van der Waals surface area contributed by atoms with E-state index in [1.807, 2.05) is 0 Å². The maximum absolute atomic E-state index is 12.2. The number of carbonyl (C=O) groups is 2. The average molecular weight is 291 g/mol. The summed E-state index contributed by atoms with van der Waals surface area (Å²) < 4.78 is 0. The van der Waals surface area contributed by atoms with Gasteiger partial charge in [-0.1, -0.05) is 0 Å². The number of amides is 1. The first-order valence-corrected chi connectivity index (χ1v) is 8.50. The van der Waals surface area contributed by atoms with Gasteiger partial charge in [-0.25, -0.2) is 0 Å². The van der Waals surface area contributed by atoms with E-state index in [4.69, 9.17) is 5.11 Å². The van der Waals surface area contributed by atoms with E-state index in [-0.39, 0.29) is 17.9 Å². The molecule has 116 valence electrons. The highest BCUT2D eigenvalue weighted by atomic mass is 16.4. The number of nitrogens with one attached hydrogen (secondary N) is 1. The van der Waals surface area contributed by atoms with Crippen LogP contribution in [0.25, 0.3) is 0 Å². The van der Waals surface area contributed by atoms with Crippen LogP contribution in [-0.4, -0.2) is 23.0 Å². The van der Waals surface area contributed by atoms with Crippen molar-refractivity contribution in [3.8, 4) is 0 Å². The van der Waals surface area contributed by atoms with E-state index in [2.05, 4.69) is 12.2 Å². The molecule has 1 unspecified atom stereocenters. The quantitative estimate of drug-likeness (QED) is 0.836. The molecule has 0 aromatic rings. The Morgan fingerprint density at radius 2 is 1.52 bits per heavy atom. The van der Waals surface area contributed by atoms with Gasteiger partial charge in [-0.2, -0.15) is 0 Å². The van der Waals surface area contributed by atoms with Crippen LogP contribution in [0.1, 0.15) is 51.9 Å². The third-order valence-corrected chi connectivity index (χ3v) is 6.81. The van der Waals surface area contributed by atoms with E-state index in [0.717, 1.165) is 17.8 Å². The summed E-state index contributed by atoms with van der Waals surface area (Å²) in [5, 5.41) is 12.1. The van der Waals surface area contributed by atoms with Crippen LogP contribution in [0.2, 0.25) is 0 Å². The fourth-order valence-electron chi connectivity index (χ4n) is 5.94. The molecule has 5 saturated carbocycles. The Morgan fingerprint density at radius 3 is 1.95 bits per heavy atom. The molecule has 2 N–H and O–H groups in total. The van der Waals surface area contributed by atoms with Crippen LogP contribution in [0.4, 0.5) is 0 Å². The SMILES string of the molecule is CC(NC(=O)[C@@H]1C[C@@H]1C(=O)O)C12CC3CC(CC(C3)C1)C2. The van der Waals surface area contributed by atoms with Crippen LogP contribution in [0.5, 0.6) is 0 Å². The summed E-state index contributed by atoms with van der Waals surface area (Å²) in [6.45, 7) is 2.16. The number of carbonyl (C=O) groups excluding carboxylic acids is 1. The van der Waals surface area contributed by atoms with E-state index < -0.39 is 11.9 Å².